The molecule has 2 atom stereocenters. The summed E-state index contributed by atoms with van der Waals surface area (Å²) in [6.45, 7) is 14.5. The molecule has 0 bridgehead atoms. The summed E-state index contributed by atoms with van der Waals surface area (Å²) in [6.07, 6.45) is 2.40. The van der Waals surface area contributed by atoms with Gasteiger partial charge in [-0.25, -0.2) is 0 Å². The topological polar surface area (TPSA) is 12.0 Å². The average molecular weight is 294 g/mol. The summed E-state index contributed by atoms with van der Waals surface area (Å²) in [5.74, 6) is 1.20. The number of thioether (sulfide) groups is 1. The molecule has 0 aromatic heterocycles. The van der Waals surface area contributed by atoms with Crippen LogP contribution in [0.4, 0.5) is 0 Å². The van der Waals surface area contributed by atoms with E-state index in [1.807, 2.05) is 0 Å². The average Bonchev–Trinajstić information content (AvgIpc) is 2.39. The SMILES string of the molecule is CCNC(CSC(C)CC)Cc1c(C)cc(C)cc1C. The highest BCUT2D eigenvalue weighted by Crippen LogP contribution is 2.21. The third-order valence-corrected chi connectivity index (χ3v) is 5.44. The molecule has 1 nitrogen and oxygen atoms in total. The van der Waals surface area contributed by atoms with Gasteiger partial charge in [0.1, 0.15) is 0 Å². The van der Waals surface area contributed by atoms with Crippen LogP contribution in [0, 0.1) is 20.8 Å². The van der Waals surface area contributed by atoms with Crippen LogP contribution in [0.2, 0.25) is 0 Å². The number of rotatable bonds is 8. The Labute approximate surface area is 129 Å². The summed E-state index contributed by atoms with van der Waals surface area (Å²) in [7, 11) is 0. The van der Waals surface area contributed by atoms with Crippen LogP contribution in [0.15, 0.2) is 12.1 Å². The van der Waals surface area contributed by atoms with Gasteiger partial charge < -0.3 is 5.32 Å². The van der Waals surface area contributed by atoms with Crippen molar-refractivity contribution in [2.24, 2.45) is 0 Å². The molecule has 0 saturated heterocycles. The second kappa shape index (κ2) is 8.74. The molecule has 2 unspecified atom stereocenters. The number of likely N-dealkylation sites (N-methyl/N-ethyl adjacent to an activating group) is 1. The van der Waals surface area contributed by atoms with E-state index >= 15 is 0 Å². The molecule has 0 aliphatic heterocycles. The van der Waals surface area contributed by atoms with Crippen molar-refractivity contribution in [3.05, 3.63) is 34.4 Å². The molecule has 0 fully saturated rings. The normalized spacial score (nSPS) is 14.3. The van der Waals surface area contributed by atoms with E-state index in [1.54, 1.807) is 0 Å². The van der Waals surface area contributed by atoms with Gasteiger partial charge in [-0.15, -0.1) is 0 Å². The molecule has 1 rings (SSSR count). The Kier molecular flexibility index (Phi) is 7.68. The lowest BCUT2D eigenvalue weighted by molar-refractivity contribution is 0.569. The van der Waals surface area contributed by atoms with Gasteiger partial charge in [0.2, 0.25) is 0 Å². The van der Waals surface area contributed by atoms with Gasteiger partial charge in [-0.05, 0) is 56.8 Å². The summed E-state index contributed by atoms with van der Waals surface area (Å²) >= 11 is 2.10. The third-order valence-electron chi connectivity index (χ3n) is 3.94. The van der Waals surface area contributed by atoms with Crippen molar-refractivity contribution in [3.8, 4) is 0 Å². The molecule has 0 radical (unpaired) electrons. The Morgan fingerprint density at radius 2 is 1.70 bits per heavy atom. The second-order valence-corrected chi connectivity index (χ2v) is 7.36. The van der Waals surface area contributed by atoms with Crippen molar-refractivity contribution >= 4 is 11.8 Å². The molecule has 0 aliphatic carbocycles. The minimum atomic E-state index is 0.583. The molecule has 0 saturated carbocycles. The van der Waals surface area contributed by atoms with Crippen LogP contribution >= 0.6 is 11.8 Å². The molecular weight excluding hydrogens is 262 g/mol. The fraction of sp³-hybridized carbons (Fsp3) is 0.667. The molecular formula is C18H31NS. The van der Waals surface area contributed by atoms with Crippen molar-refractivity contribution in [2.75, 3.05) is 12.3 Å². The summed E-state index contributed by atoms with van der Waals surface area (Å²) in [5, 5.41) is 4.42. The van der Waals surface area contributed by atoms with Crippen LogP contribution in [0.3, 0.4) is 0 Å². The number of benzene rings is 1. The minimum Gasteiger partial charge on any atom is -0.313 e. The molecule has 1 aromatic rings. The van der Waals surface area contributed by atoms with Crippen LogP contribution < -0.4 is 5.32 Å². The highest BCUT2D eigenvalue weighted by molar-refractivity contribution is 7.99. The lowest BCUT2D eigenvalue weighted by atomic mass is 9.95. The van der Waals surface area contributed by atoms with Gasteiger partial charge in [0.05, 0.1) is 0 Å². The first-order valence-corrected chi connectivity index (χ1v) is 8.94. The molecule has 1 aromatic carbocycles. The third kappa shape index (κ3) is 5.49. The standard InChI is InChI=1S/C18H31NS/c1-7-16(6)20-12-17(19-8-2)11-18-14(4)9-13(3)10-15(18)5/h9-10,16-17,19H,7-8,11-12H2,1-6H3. The van der Waals surface area contributed by atoms with Crippen molar-refractivity contribution < 1.29 is 0 Å². The zero-order chi connectivity index (χ0) is 15.1. The van der Waals surface area contributed by atoms with Crippen LogP contribution in [0.25, 0.3) is 0 Å². The van der Waals surface area contributed by atoms with Crippen LogP contribution in [0.1, 0.15) is 49.4 Å². The Bertz CT molecular complexity index is 391. The maximum atomic E-state index is 3.66. The lowest BCUT2D eigenvalue weighted by Crippen LogP contribution is -2.34. The van der Waals surface area contributed by atoms with E-state index in [-0.39, 0.29) is 0 Å². The van der Waals surface area contributed by atoms with Crippen LogP contribution in [0.5, 0.6) is 0 Å². The predicted molar refractivity (Wildman–Crippen MR) is 94.0 cm³/mol. The Hall–Kier alpha value is -0.470. The fourth-order valence-electron chi connectivity index (χ4n) is 2.66. The van der Waals surface area contributed by atoms with Gasteiger partial charge in [-0.1, -0.05) is 38.5 Å². The van der Waals surface area contributed by atoms with Crippen molar-refractivity contribution in [3.63, 3.8) is 0 Å². The van der Waals surface area contributed by atoms with Crippen molar-refractivity contribution in [2.45, 2.75) is 65.7 Å². The van der Waals surface area contributed by atoms with Crippen LogP contribution in [-0.2, 0) is 6.42 Å². The van der Waals surface area contributed by atoms with E-state index < -0.39 is 0 Å². The van der Waals surface area contributed by atoms with Gasteiger partial charge >= 0.3 is 0 Å². The van der Waals surface area contributed by atoms with Gasteiger partial charge in [0.25, 0.3) is 0 Å². The molecule has 2 heteroatoms. The first-order chi connectivity index (χ1) is 9.47. The highest BCUT2D eigenvalue weighted by atomic mass is 32.2. The molecule has 1 N–H and O–H groups in total. The monoisotopic (exact) mass is 293 g/mol. The lowest BCUT2D eigenvalue weighted by Gasteiger charge is -2.22. The van der Waals surface area contributed by atoms with Crippen molar-refractivity contribution in [1.82, 2.24) is 5.32 Å². The zero-order valence-corrected chi connectivity index (χ0v) is 14.9. The largest absolute Gasteiger partial charge is 0.313 e. The summed E-state index contributed by atoms with van der Waals surface area (Å²) < 4.78 is 0. The maximum Gasteiger partial charge on any atom is 0.0198 e. The minimum absolute atomic E-state index is 0.583. The Balaban J connectivity index is 2.75. The number of aryl methyl sites for hydroxylation is 3. The highest BCUT2D eigenvalue weighted by Gasteiger charge is 2.13. The maximum absolute atomic E-state index is 3.66. The van der Waals surface area contributed by atoms with Gasteiger partial charge in [-0.2, -0.15) is 11.8 Å². The van der Waals surface area contributed by atoms with E-state index in [9.17, 15) is 0 Å². The van der Waals surface area contributed by atoms with E-state index in [0.29, 0.717) is 6.04 Å². The number of hydrogen-bond donors (Lipinski definition) is 1. The quantitative estimate of drug-likeness (QED) is 0.748. The van der Waals surface area contributed by atoms with E-state index in [2.05, 4.69) is 70.8 Å². The van der Waals surface area contributed by atoms with Gasteiger partial charge in [0.15, 0.2) is 0 Å². The molecule has 0 heterocycles. The molecule has 0 aliphatic rings. The summed E-state index contributed by atoms with van der Waals surface area (Å²) in [4.78, 5) is 0. The first kappa shape index (κ1) is 17.6. The molecule has 114 valence electrons. The molecule has 0 spiro atoms. The van der Waals surface area contributed by atoms with Crippen LogP contribution in [-0.4, -0.2) is 23.6 Å². The first-order valence-electron chi connectivity index (χ1n) is 7.89. The van der Waals surface area contributed by atoms with Gasteiger partial charge in [-0.3, -0.25) is 0 Å². The smallest absolute Gasteiger partial charge is 0.0198 e. The molecule has 0 amide bonds. The predicted octanol–water partition coefficient (Wildman–Crippen LogP) is 4.66. The number of nitrogens with one attached hydrogen (secondary N) is 1. The van der Waals surface area contributed by atoms with E-state index in [4.69, 9.17) is 0 Å². The fourth-order valence-corrected chi connectivity index (χ4v) is 3.69. The van der Waals surface area contributed by atoms with Gasteiger partial charge in [0, 0.05) is 17.0 Å². The van der Waals surface area contributed by atoms with Crippen molar-refractivity contribution in [1.29, 1.82) is 0 Å². The number of hydrogen-bond acceptors (Lipinski definition) is 2. The second-order valence-electron chi connectivity index (χ2n) is 5.89. The van der Waals surface area contributed by atoms with E-state index in [1.165, 1.54) is 34.4 Å². The van der Waals surface area contributed by atoms with E-state index in [0.717, 1.165) is 18.2 Å². The molecule has 20 heavy (non-hydrogen) atoms. The summed E-state index contributed by atoms with van der Waals surface area (Å²) in [5.41, 5.74) is 5.79. The Morgan fingerprint density at radius 1 is 1.10 bits per heavy atom. The Morgan fingerprint density at radius 3 is 2.20 bits per heavy atom. The zero-order valence-electron chi connectivity index (χ0n) is 14.0. The summed E-state index contributed by atoms with van der Waals surface area (Å²) in [6, 6.07) is 5.21.